The maximum absolute atomic E-state index is 14.1. The summed E-state index contributed by atoms with van der Waals surface area (Å²) in [6, 6.07) is 24.0. The molecule has 0 N–H and O–H groups in total. The molecule has 0 saturated carbocycles. The molecule has 1 heterocycles. The van der Waals surface area contributed by atoms with Gasteiger partial charge in [0.25, 0.3) is 10.0 Å². The molecular weight excluding hydrogens is 411 g/mol. The van der Waals surface area contributed by atoms with Crippen molar-refractivity contribution in [2.24, 2.45) is 0 Å². The van der Waals surface area contributed by atoms with Crippen LogP contribution in [-0.2, 0) is 16.4 Å². The van der Waals surface area contributed by atoms with E-state index < -0.39 is 15.6 Å². The number of halogens is 1. The normalized spacial score (nSPS) is 12.1. The molecule has 3 aromatic carbocycles. The first-order chi connectivity index (χ1) is 14.8. The molecule has 0 amide bonds. The molecule has 0 fully saturated rings. The molecule has 4 nitrogen and oxygen atoms in total. The lowest BCUT2D eigenvalue weighted by molar-refractivity contribution is 0.496. The van der Waals surface area contributed by atoms with Crippen LogP contribution in [0.3, 0.4) is 0 Å². The molecule has 0 bridgehead atoms. The lowest BCUT2D eigenvalue weighted by atomic mass is 9.94. The van der Waals surface area contributed by atoms with Gasteiger partial charge in [-0.2, -0.15) is 0 Å². The van der Waals surface area contributed by atoms with E-state index in [1.165, 1.54) is 16.4 Å². The Labute approximate surface area is 182 Å². The Hall–Kier alpha value is -3.25. The number of benzene rings is 3. The summed E-state index contributed by atoms with van der Waals surface area (Å²) in [7, 11) is -3.97. The third-order valence-electron chi connectivity index (χ3n) is 5.20. The van der Waals surface area contributed by atoms with E-state index in [2.05, 4.69) is 4.98 Å². The van der Waals surface area contributed by atoms with E-state index in [-0.39, 0.29) is 10.7 Å². The van der Waals surface area contributed by atoms with E-state index in [0.29, 0.717) is 17.6 Å². The second-order valence-corrected chi connectivity index (χ2v) is 9.81. The van der Waals surface area contributed by atoms with Crippen molar-refractivity contribution in [1.29, 1.82) is 0 Å². The highest BCUT2D eigenvalue weighted by molar-refractivity contribution is 7.93. The molecule has 0 saturated heterocycles. The van der Waals surface area contributed by atoms with E-state index >= 15 is 0 Å². The number of anilines is 1. The van der Waals surface area contributed by atoms with Gasteiger partial charge in [-0.05, 0) is 62.2 Å². The van der Waals surface area contributed by atoms with Crippen LogP contribution in [0.2, 0.25) is 0 Å². The highest BCUT2D eigenvalue weighted by atomic mass is 32.2. The summed E-state index contributed by atoms with van der Waals surface area (Å²) >= 11 is 0. The number of pyridine rings is 1. The lowest BCUT2D eigenvalue weighted by Gasteiger charge is -2.39. The van der Waals surface area contributed by atoms with Crippen molar-refractivity contribution in [2.45, 2.75) is 30.7 Å². The van der Waals surface area contributed by atoms with Crippen molar-refractivity contribution in [3.8, 4) is 0 Å². The molecule has 0 spiro atoms. The molecule has 0 atom stereocenters. The highest BCUT2D eigenvalue weighted by Gasteiger charge is 2.38. The van der Waals surface area contributed by atoms with Crippen LogP contribution in [0.1, 0.15) is 19.4 Å². The summed E-state index contributed by atoms with van der Waals surface area (Å²) in [4.78, 5) is 4.51. The topological polar surface area (TPSA) is 50.3 Å². The Morgan fingerprint density at radius 2 is 1.55 bits per heavy atom. The van der Waals surface area contributed by atoms with Gasteiger partial charge in [0.05, 0.1) is 16.7 Å². The van der Waals surface area contributed by atoms with Crippen LogP contribution < -0.4 is 4.31 Å². The fourth-order valence-electron chi connectivity index (χ4n) is 3.93. The quantitative estimate of drug-likeness (QED) is 0.397. The molecule has 0 aliphatic rings. The Morgan fingerprint density at radius 1 is 0.871 bits per heavy atom. The first-order valence-electron chi connectivity index (χ1n) is 9.98. The van der Waals surface area contributed by atoms with Crippen LogP contribution in [0.15, 0.2) is 96.0 Å². The van der Waals surface area contributed by atoms with Crippen molar-refractivity contribution in [2.75, 3.05) is 4.31 Å². The van der Waals surface area contributed by atoms with E-state index in [1.807, 2.05) is 44.2 Å². The fourth-order valence-corrected chi connectivity index (χ4v) is 5.91. The van der Waals surface area contributed by atoms with Gasteiger partial charge in [0.1, 0.15) is 10.7 Å². The maximum atomic E-state index is 14.1. The zero-order valence-corrected chi connectivity index (χ0v) is 18.2. The SMILES string of the molecule is CC(C)(Cc1ccc(F)cc1)N(c1ccccc1)S(=O)(=O)c1cccc2cccnc12. The molecule has 0 aliphatic carbocycles. The molecular formula is C25H23FN2O2S. The van der Waals surface area contributed by atoms with Crippen LogP contribution in [0, 0.1) is 5.82 Å². The number of nitrogens with zero attached hydrogens (tertiary/aromatic N) is 2. The number of para-hydroxylation sites is 2. The first kappa shape index (κ1) is 21.0. The molecule has 6 heteroatoms. The highest BCUT2D eigenvalue weighted by Crippen LogP contribution is 2.35. The minimum Gasteiger partial charge on any atom is -0.260 e. The average Bonchev–Trinajstić information content (AvgIpc) is 2.75. The second kappa shape index (κ2) is 8.12. The van der Waals surface area contributed by atoms with Gasteiger partial charge in [0, 0.05) is 11.6 Å². The summed E-state index contributed by atoms with van der Waals surface area (Å²) in [5.41, 5.74) is 0.999. The van der Waals surface area contributed by atoms with Crippen LogP contribution in [-0.4, -0.2) is 18.9 Å². The summed E-state index contributed by atoms with van der Waals surface area (Å²) in [6.07, 6.45) is 2.00. The Bertz CT molecular complexity index is 1300. The van der Waals surface area contributed by atoms with Crippen molar-refractivity contribution in [3.63, 3.8) is 0 Å². The van der Waals surface area contributed by atoms with Crippen LogP contribution >= 0.6 is 0 Å². The van der Waals surface area contributed by atoms with Gasteiger partial charge in [-0.3, -0.25) is 9.29 Å². The van der Waals surface area contributed by atoms with Crippen LogP contribution in [0.4, 0.5) is 10.1 Å². The van der Waals surface area contributed by atoms with Gasteiger partial charge in [-0.1, -0.05) is 48.5 Å². The predicted molar refractivity (Wildman–Crippen MR) is 122 cm³/mol. The van der Waals surface area contributed by atoms with Gasteiger partial charge < -0.3 is 0 Å². The number of hydrogen-bond acceptors (Lipinski definition) is 3. The van der Waals surface area contributed by atoms with Crippen LogP contribution in [0.5, 0.6) is 0 Å². The Kier molecular flexibility index (Phi) is 5.50. The van der Waals surface area contributed by atoms with Gasteiger partial charge in [-0.15, -0.1) is 0 Å². The minimum absolute atomic E-state index is 0.154. The monoisotopic (exact) mass is 434 g/mol. The number of aromatic nitrogens is 1. The van der Waals surface area contributed by atoms with Crippen molar-refractivity contribution in [1.82, 2.24) is 4.98 Å². The van der Waals surface area contributed by atoms with E-state index in [9.17, 15) is 12.8 Å². The minimum atomic E-state index is -3.97. The largest absolute Gasteiger partial charge is 0.266 e. The number of sulfonamides is 1. The molecule has 158 valence electrons. The molecule has 0 unspecified atom stereocenters. The summed E-state index contributed by atoms with van der Waals surface area (Å²) in [5.74, 6) is -0.323. The molecule has 31 heavy (non-hydrogen) atoms. The number of hydrogen-bond donors (Lipinski definition) is 0. The molecule has 0 aliphatic heterocycles. The number of rotatable bonds is 6. The summed E-state index contributed by atoms with van der Waals surface area (Å²) in [6.45, 7) is 3.75. The van der Waals surface area contributed by atoms with Gasteiger partial charge in [-0.25, -0.2) is 12.8 Å². The molecule has 4 rings (SSSR count). The predicted octanol–water partition coefficient (Wildman–Crippen LogP) is 5.59. The molecule has 1 aromatic heterocycles. The standard InChI is InChI=1S/C25H23FN2O2S/c1-25(2,18-19-13-15-21(26)16-14-19)28(22-10-4-3-5-11-22)31(29,30)23-12-6-8-20-9-7-17-27-24(20)23/h3-17H,18H2,1-2H3. The third-order valence-corrected chi connectivity index (χ3v) is 7.28. The zero-order chi connectivity index (χ0) is 22.1. The third kappa shape index (κ3) is 4.16. The second-order valence-electron chi connectivity index (χ2n) is 8.05. The van der Waals surface area contributed by atoms with Gasteiger partial charge >= 0.3 is 0 Å². The Balaban J connectivity index is 1.87. The van der Waals surface area contributed by atoms with E-state index in [0.717, 1.165) is 10.9 Å². The lowest BCUT2D eigenvalue weighted by Crippen LogP contribution is -2.49. The average molecular weight is 435 g/mol. The summed E-state index contributed by atoms with van der Waals surface area (Å²) < 4.78 is 43.0. The van der Waals surface area contributed by atoms with E-state index in [4.69, 9.17) is 0 Å². The summed E-state index contributed by atoms with van der Waals surface area (Å²) in [5, 5.41) is 0.757. The fraction of sp³-hybridized carbons (Fsp3) is 0.160. The van der Waals surface area contributed by atoms with Gasteiger partial charge in [0.15, 0.2) is 0 Å². The van der Waals surface area contributed by atoms with Crippen LogP contribution in [0.25, 0.3) is 10.9 Å². The Morgan fingerprint density at radius 3 is 2.26 bits per heavy atom. The molecule has 4 aromatic rings. The zero-order valence-electron chi connectivity index (χ0n) is 17.4. The van der Waals surface area contributed by atoms with E-state index in [1.54, 1.807) is 48.7 Å². The van der Waals surface area contributed by atoms with Gasteiger partial charge in [0.2, 0.25) is 0 Å². The van der Waals surface area contributed by atoms with Crippen molar-refractivity contribution < 1.29 is 12.8 Å². The van der Waals surface area contributed by atoms with Crippen molar-refractivity contribution in [3.05, 3.63) is 103 Å². The maximum Gasteiger partial charge on any atom is 0.266 e. The van der Waals surface area contributed by atoms with Crippen molar-refractivity contribution >= 4 is 26.6 Å². The first-order valence-corrected chi connectivity index (χ1v) is 11.4. The molecule has 0 radical (unpaired) electrons. The number of fused-ring (bicyclic) bond motifs is 1. The smallest absolute Gasteiger partial charge is 0.260 e.